The molecule has 1 heterocycles. The molecule has 0 fully saturated rings. The number of hydrogen-bond donors (Lipinski definition) is 0. The molecule has 0 atom stereocenters. The number of carbonyl (C=O) groups is 1. The van der Waals surface area contributed by atoms with Crippen molar-refractivity contribution in [2.75, 3.05) is 30.9 Å². The fourth-order valence-corrected chi connectivity index (χ4v) is 2.20. The largest absolute Gasteiger partial charge is 0.443 e. The minimum atomic E-state index is -0.510. The molecule has 0 saturated carbocycles. The first kappa shape index (κ1) is 19.5. The van der Waals surface area contributed by atoms with Crippen molar-refractivity contribution in [2.45, 2.75) is 26.4 Å². The van der Waals surface area contributed by atoms with Crippen molar-refractivity contribution >= 4 is 29.8 Å². The van der Waals surface area contributed by atoms with E-state index in [1.54, 1.807) is 7.05 Å². The lowest BCUT2D eigenvalue weighted by molar-refractivity contribution is 0.0589. The van der Waals surface area contributed by atoms with Crippen molar-refractivity contribution in [1.82, 2.24) is 4.98 Å². The van der Waals surface area contributed by atoms with Gasteiger partial charge in [-0.2, -0.15) is 0 Å². The second-order valence-corrected chi connectivity index (χ2v) is 7.31. The van der Waals surface area contributed by atoms with E-state index in [1.165, 1.54) is 4.90 Å². The van der Waals surface area contributed by atoms with Crippen LogP contribution < -0.4 is 9.80 Å². The molecule has 0 N–H and O–H groups in total. The molecule has 1 amide bonds. The normalized spacial score (nSPS) is 11.5. The third kappa shape index (κ3) is 5.62. The molecule has 0 aliphatic carbocycles. The Morgan fingerprint density at radius 1 is 0.962 bits per heavy atom. The van der Waals surface area contributed by atoms with E-state index in [9.17, 15) is 4.79 Å². The zero-order valence-electron chi connectivity index (χ0n) is 16.4. The maximum absolute atomic E-state index is 12.1. The van der Waals surface area contributed by atoms with Crippen molar-refractivity contribution in [2.24, 2.45) is 0 Å². The molecule has 0 spiro atoms. The second-order valence-electron chi connectivity index (χ2n) is 7.31. The van der Waals surface area contributed by atoms with Crippen LogP contribution in [0, 0.1) is 0 Å². The van der Waals surface area contributed by atoms with Gasteiger partial charge in [0.15, 0.2) is 0 Å². The number of carbonyl (C=O) groups excluding carboxylic acids is 1. The van der Waals surface area contributed by atoms with Gasteiger partial charge in [0.1, 0.15) is 11.4 Å². The topological polar surface area (TPSA) is 45.7 Å². The molecular weight excluding hydrogens is 326 g/mol. The highest BCUT2D eigenvalue weighted by molar-refractivity contribution is 5.87. The van der Waals surface area contributed by atoms with Crippen molar-refractivity contribution in [3.8, 4) is 0 Å². The van der Waals surface area contributed by atoms with Gasteiger partial charge in [0.05, 0.1) is 0 Å². The van der Waals surface area contributed by atoms with Crippen LogP contribution in [-0.4, -0.2) is 37.8 Å². The summed E-state index contributed by atoms with van der Waals surface area (Å²) in [4.78, 5) is 20.0. The lowest BCUT2D eigenvalue weighted by Crippen LogP contribution is -2.34. The molecule has 0 bridgehead atoms. The van der Waals surface area contributed by atoms with E-state index in [4.69, 9.17) is 4.74 Å². The number of nitrogens with zero attached hydrogens (tertiary/aromatic N) is 3. The molecule has 0 unspecified atom stereocenters. The van der Waals surface area contributed by atoms with E-state index in [1.807, 2.05) is 94.5 Å². The first-order valence-corrected chi connectivity index (χ1v) is 8.54. The van der Waals surface area contributed by atoms with E-state index in [2.05, 4.69) is 4.98 Å². The van der Waals surface area contributed by atoms with Gasteiger partial charge in [0, 0.05) is 33.0 Å². The minimum absolute atomic E-state index is 0.368. The first-order valence-electron chi connectivity index (χ1n) is 8.54. The van der Waals surface area contributed by atoms with Gasteiger partial charge in [-0.1, -0.05) is 24.3 Å². The summed E-state index contributed by atoms with van der Waals surface area (Å²) in [6.07, 6.45) is 5.51. The Hall–Kier alpha value is -2.82. The summed E-state index contributed by atoms with van der Waals surface area (Å²) in [5.41, 5.74) is 2.35. The van der Waals surface area contributed by atoms with Crippen LogP contribution in [0.2, 0.25) is 0 Å². The number of aromatic nitrogens is 1. The van der Waals surface area contributed by atoms with E-state index in [-0.39, 0.29) is 6.09 Å². The maximum Gasteiger partial charge on any atom is 0.414 e. The molecule has 5 heteroatoms. The third-order valence-corrected chi connectivity index (χ3v) is 3.64. The van der Waals surface area contributed by atoms with Gasteiger partial charge in [0.2, 0.25) is 0 Å². The third-order valence-electron chi connectivity index (χ3n) is 3.64. The quantitative estimate of drug-likeness (QED) is 0.800. The van der Waals surface area contributed by atoms with E-state index >= 15 is 0 Å². The summed E-state index contributed by atoms with van der Waals surface area (Å²) in [6.45, 7) is 5.56. The predicted molar refractivity (Wildman–Crippen MR) is 109 cm³/mol. The van der Waals surface area contributed by atoms with Gasteiger partial charge in [0.25, 0.3) is 0 Å². The summed E-state index contributed by atoms with van der Waals surface area (Å²) < 4.78 is 5.38. The van der Waals surface area contributed by atoms with Crippen molar-refractivity contribution in [3.63, 3.8) is 0 Å². The highest BCUT2D eigenvalue weighted by Crippen LogP contribution is 2.19. The van der Waals surface area contributed by atoms with Crippen molar-refractivity contribution in [3.05, 3.63) is 53.7 Å². The Morgan fingerprint density at radius 2 is 1.54 bits per heavy atom. The lowest BCUT2D eigenvalue weighted by atomic mass is 10.1. The Bertz CT molecular complexity index is 757. The van der Waals surface area contributed by atoms with Gasteiger partial charge in [-0.3, -0.25) is 4.90 Å². The zero-order chi connectivity index (χ0) is 19.3. The van der Waals surface area contributed by atoms with Gasteiger partial charge in [-0.15, -0.1) is 0 Å². The van der Waals surface area contributed by atoms with Crippen molar-refractivity contribution < 1.29 is 9.53 Å². The SMILES string of the molecule is CN(C)c1ccc(C=Cc2ccc(N(C)C(=O)OC(C)(C)C)cc2)cn1. The number of amides is 1. The Kier molecular flexibility index (Phi) is 6.03. The van der Waals surface area contributed by atoms with Crippen LogP contribution in [0.3, 0.4) is 0 Å². The molecule has 0 aliphatic rings. The fourth-order valence-electron chi connectivity index (χ4n) is 2.20. The monoisotopic (exact) mass is 353 g/mol. The van der Waals surface area contributed by atoms with E-state index in [0.717, 1.165) is 22.6 Å². The highest BCUT2D eigenvalue weighted by atomic mass is 16.6. The van der Waals surface area contributed by atoms with Crippen LogP contribution in [0.25, 0.3) is 12.2 Å². The molecule has 0 saturated heterocycles. The number of rotatable bonds is 4. The summed E-state index contributed by atoms with van der Waals surface area (Å²) in [5.74, 6) is 0.927. The Balaban J connectivity index is 2.03. The van der Waals surface area contributed by atoms with Crippen molar-refractivity contribution in [1.29, 1.82) is 0 Å². The van der Waals surface area contributed by atoms with Gasteiger partial charge in [-0.05, 0) is 56.2 Å². The number of ether oxygens (including phenoxy) is 1. The summed E-state index contributed by atoms with van der Waals surface area (Å²) >= 11 is 0. The molecule has 138 valence electrons. The molecule has 0 radical (unpaired) electrons. The molecule has 5 nitrogen and oxygen atoms in total. The Morgan fingerprint density at radius 3 is 2.04 bits per heavy atom. The van der Waals surface area contributed by atoms with Crippen LogP contribution in [0.15, 0.2) is 42.6 Å². The number of pyridine rings is 1. The van der Waals surface area contributed by atoms with Gasteiger partial charge in [-0.25, -0.2) is 9.78 Å². The molecular formula is C21H27N3O2. The summed E-state index contributed by atoms with van der Waals surface area (Å²) in [6, 6.07) is 11.7. The molecule has 2 aromatic rings. The Labute approximate surface area is 155 Å². The van der Waals surface area contributed by atoms with Crippen LogP contribution in [-0.2, 0) is 4.74 Å². The number of hydrogen-bond acceptors (Lipinski definition) is 4. The average molecular weight is 353 g/mol. The van der Waals surface area contributed by atoms with E-state index < -0.39 is 5.60 Å². The van der Waals surface area contributed by atoms with Crippen LogP contribution >= 0.6 is 0 Å². The molecule has 1 aromatic heterocycles. The summed E-state index contributed by atoms with van der Waals surface area (Å²) in [7, 11) is 5.64. The zero-order valence-corrected chi connectivity index (χ0v) is 16.4. The average Bonchev–Trinajstić information content (AvgIpc) is 2.58. The smallest absolute Gasteiger partial charge is 0.414 e. The number of anilines is 2. The molecule has 1 aromatic carbocycles. The second kappa shape index (κ2) is 8.04. The maximum atomic E-state index is 12.1. The minimum Gasteiger partial charge on any atom is -0.443 e. The van der Waals surface area contributed by atoms with Crippen LogP contribution in [0.4, 0.5) is 16.3 Å². The molecule has 0 aliphatic heterocycles. The number of benzene rings is 1. The molecule has 2 rings (SSSR count). The predicted octanol–water partition coefficient (Wildman–Crippen LogP) is 4.69. The molecule has 26 heavy (non-hydrogen) atoms. The lowest BCUT2D eigenvalue weighted by Gasteiger charge is -2.24. The van der Waals surface area contributed by atoms with Gasteiger partial charge >= 0.3 is 6.09 Å². The van der Waals surface area contributed by atoms with E-state index in [0.29, 0.717) is 0 Å². The van der Waals surface area contributed by atoms with Crippen LogP contribution in [0.1, 0.15) is 31.9 Å². The standard InChI is InChI=1S/C21H27N3O2/c1-21(2,3)26-20(25)24(6)18-12-9-16(10-13-18)7-8-17-11-14-19(22-15-17)23(4)5/h7-15H,1-6H3. The van der Waals surface area contributed by atoms with Crippen LogP contribution in [0.5, 0.6) is 0 Å². The summed E-state index contributed by atoms with van der Waals surface area (Å²) in [5, 5.41) is 0. The van der Waals surface area contributed by atoms with Gasteiger partial charge < -0.3 is 9.64 Å². The fraction of sp³-hybridized carbons (Fsp3) is 0.333. The highest BCUT2D eigenvalue weighted by Gasteiger charge is 2.20. The first-order chi connectivity index (χ1) is 12.2.